The molecule has 0 spiro atoms. The zero-order valence-corrected chi connectivity index (χ0v) is 9.42. The molecule has 5 heteroatoms. The van der Waals surface area contributed by atoms with Crippen molar-refractivity contribution >= 4 is 5.97 Å². The molecule has 15 heavy (non-hydrogen) atoms. The molecule has 1 unspecified atom stereocenters. The number of hydrogen-bond acceptors (Lipinski definition) is 4. The highest BCUT2D eigenvalue weighted by molar-refractivity contribution is 5.77. The van der Waals surface area contributed by atoms with Crippen molar-refractivity contribution in [2.75, 3.05) is 6.54 Å². The van der Waals surface area contributed by atoms with E-state index in [9.17, 15) is 9.18 Å². The van der Waals surface area contributed by atoms with E-state index in [1.807, 2.05) is 0 Å². The van der Waals surface area contributed by atoms with Crippen molar-refractivity contribution in [3.05, 3.63) is 0 Å². The summed E-state index contributed by atoms with van der Waals surface area (Å²) in [5.74, 6) is -0.478. The normalized spacial score (nSPS) is 28.9. The van der Waals surface area contributed by atoms with Gasteiger partial charge in [-0.05, 0) is 27.2 Å². The number of carbonyl (C=O) groups excluding carboxylic acids is 1. The van der Waals surface area contributed by atoms with Crippen molar-refractivity contribution in [1.29, 1.82) is 0 Å². The van der Waals surface area contributed by atoms with E-state index in [0.29, 0.717) is 0 Å². The molecule has 3 atom stereocenters. The minimum Gasteiger partial charge on any atom is -0.459 e. The van der Waals surface area contributed by atoms with Gasteiger partial charge in [-0.25, -0.2) is 4.39 Å². The zero-order chi connectivity index (χ0) is 11.6. The quantitative estimate of drug-likeness (QED) is 0.657. The van der Waals surface area contributed by atoms with Gasteiger partial charge in [-0.3, -0.25) is 4.79 Å². The van der Waals surface area contributed by atoms with Crippen molar-refractivity contribution in [2.24, 2.45) is 5.73 Å². The number of alkyl halides is 1. The van der Waals surface area contributed by atoms with Crippen LogP contribution in [0.1, 0.15) is 27.2 Å². The first kappa shape index (κ1) is 12.4. The zero-order valence-electron chi connectivity index (χ0n) is 9.42. The molecule has 1 aliphatic heterocycles. The number of rotatable bonds is 2. The monoisotopic (exact) mass is 218 g/mol. The van der Waals surface area contributed by atoms with Crippen molar-refractivity contribution in [3.8, 4) is 0 Å². The molecule has 1 rings (SSSR count). The molecule has 0 saturated carbocycles. The van der Waals surface area contributed by atoms with E-state index in [1.165, 1.54) is 0 Å². The van der Waals surface area contributed by atoms with Gasteiger partial charge in [-0.2, -0.15) is 0 Å². The minimum atomic E-state index is -0.913. The Kier molecular flexibility index (Phi) is 3.67. The third-order valence-corrected chi connectivity index (χ3v) is 2.22. The number of nitrogens with two attached hydrogens (primary N) is 1. The second kappa shape index (κ2) is 4.45. The minimum absolute atomic E-state index is 0.265. The molecule has 1 aliphatic rings. The van der Waals surface area contributed by atoms with Gasteiger partial charge < -0.3 is 15.8 Å². The van der Waals surface area contributed by atoms with E-state index in [1.54, 1.807) is 20.8 Å². The number of nitrogens with one attached hydrogen (secondary N) is 1. The molecule has 0 aromatic carbocycles. The van der Waals surface area contributed by atoms with Crippen molar-refractivity contribution in [2.45, 2.75) is 51.0 Å². The molecule has 0 amide bonds. The maximum atomic E-state index is 12.9. The van der Waals surface area contributed by atoms with E-state index in [4.69, 9.17) is 10.5 Å². The Labute approximate surface area is 89.3 Å². The Balaban J connectivity index is 2.46. The highest BCUT2D eigenvalue weighted by Crippen LogP contribution is 2.15. The van der Waals surface area contributed by atoms with E-state index in [2.05, 4.69) is 5.32 Å². The van der Waals surface area contributed by atoms with Crippen LogP contribution < -0.4 is 11.1 Å². The van der Waals surface area contributed by atoms with Crippen molar-refractivity contribution in [1.82, 2.24) is 5.32 Å². The van der Waals surface area contributed by atoms with Crippen LogP contribution in [0.15, 0.2) is 0 Å². The molecule has 0 aromatic rings. The summed E-state index contributed by atoms with van der Waals surface area (Å²) in [4.78, 5) is 11.5. The summed E-state index contributed by atoms with van der Waals surface area (Å²) in [6, 6.07) is -1.10. The number of esters is 1. The fourth-order valence-corrected chi connectivity index (χ4v) is 1.53. The Morgan fingerprint density at radius 2 is 2.20 bits per heavy atom. The Morgan fingerprint density at radius 1 is 1.60 bits per heavy atom. The summed E-state index contributed by atoms with van der Waals surface area (Å²) in [5.41, 5.74) is 5.14. The van der Waals surface area contributed by atoms with Gasteiger partial charge in [0.2, 0.25) is 0 Å². The lowest BCUT2D eigenvalue weighted by Gasteiger charge is -2.24. The molecule has 0 bridgehead atoms. The third kappa shape index (κ3) is 3.76. The lowest BCUT2D eigenvalue weighted by atomic mass is 10.1. The molecule has 0 radical (unpaired) electrons. The average Bonchev–Trinajstić information content (AvgIpc) is 2.47. The molecule has 1 heterocycles. The predicted molar refractivity (Wildman–Crippen MR) is 55.1 cm³/mol. The predicted octanol–water partition coefficient (Wildman–Crippen LogP) is 0.355. The Hall–Kier alpha value is -0.680. The first-order valence-corrected chi connectivity index (χ1v) is 5.15. The van der Waals surface area contributed by atoms with Gasteiger partial charge in [0.1, 0.15) is 17.8 Å². The van der Waals surface area contributed by atoms with E-state index >= 15 is 0 Å². The fraction of sp³-hybridized carbons (Fsp3) is 0.900. The van der Waals surface area contributed by atoms with Gasteiger partial charge in [0.25, 0.3) is 0 Å². The number of hydrogen-bond donors (Lipinski definition) is 2. The van der Waals surface area contributed by atoms with Crippen LogP contribution in [0.25, 0.3) is 0 Å². The molecule has 88 valence electrons. The van der Waals surface area contributed by atoms with Crippen LogP contribution in [0.5, 0.6) is 0 Å². The average molecular weight is 218 g/mol. The van der Waals surface area contributed by atoms with Crippen LogP contribution in [0.4, 0.5) is 4.39 Å². The first-order chi connectivity index (χ1) is 6.79. The van der Waals surface area contributed by atoms with Gasteiger partial charge in [-0.1, -0.05) is 0 Å². The summed E-state index contributed by atoms with van der Waals surface area (Å²) in [6.07, 6.45) is -0.635. The van der Waals surface area contributed by atoms with Gasteiger partial charge in [0.15, 0.2) is 0 Å². The Bertz CT molecular complexity index is 240. The largest absolute Gasteiger partial charge is 0.459 e. The van der Waals surface area contributed by atoms with Crippen LogP contribution in [-0.4, -0.2) is 36.4 Å². The van der Waals surface area contributed by atoms with Crippen LogP contribution in [0.2, 0.25) is 0 Å². The van der Waals surface area contributed by atoms with E-state index < -0.39 is 23.8 Å². The van der Waals surface area contributed by atoms with Crippen LogP contribution >= 0.6 is 0 Å². The van der Waals surface area contributed by atoms with Crippen LogP contribution in [0, 0.1) is 0 Å². The van der Waals surface area contributed by atoms with Gasteiger partial charge in [-0.15, -0.1) is 0 Å². The summed E-state index contributed by atoms with van der Waals surface area (Å²) in [5, 5.41) is 2.87. The topological polar surface area (TPSA) is 64.3 Å². The molecule has 1 fully saturated rings. The second-order valence-electron chi connectivity index (χ2n) is 4.91. The van der Waals surface area contributed by atoms with Gasteiger partial charge in [0.05, 0.1) is 0 Å². The maximum absolute atomic E-state index is 12.9. The lowest BCUT2D eigenvalue weighted by molar-refractivity contribution is -0.157. The summed E-state index contributed by atoms with van der Waals surface area (Å²) < 4.78 is 18.0. The lowest BCUT2D eigenvalue weighted by Crippen LogP contribution is -2.49. The number of carbonyl (C=O) groups is 1. The van der Waals surface area contributed by atoms with E-state index in [0.717, 1.165) is 0 Å². The molecule has 1 saturated heterocycles. The van der Waals surface area contributed by atoms with Crippen molar-refractivity contribution < 1.29 is 13.9 Å². The highest BCUT2D eigenvalue weighted by atomic mass is 19.1. The highest BCUT2D eigenvalue weighted by Gasteiger charge is 2.34. The van der Waals surface area contributed by atoms with Crippen molar-refractivity contribution in [3.63, 3.8) is 0 Å². The van der Waals surface area contributed by atoms with Crippen LogP contribution in [-0.2, 0) is 9.53 Å². The second-order valence-corrected chi connectivity index (χ2v) is 4.91. The number of ether oxygens (including phenoxy) is 1. The summed E-state index contributed by atoms with van der Waals surface area (Å²) in [6.45, 7) is 5.59. The van der Waals surface area contributed by atoms with Gasteiger partial charge >= 0.3 is 5.97 Å². The Morgan fingerprint density at radius 3 is 2.60 bits per heavy atom. The molecular formula is C10H19FN2O2. The SMILES string of the molecule is CC(C)(C)OC(=O)C(N)[C@@H]1C[C@H](F)CN1. The fourth-order valence-electron chi connectivity index (χ4n) is 1.53. The standard InChI is InChI=1S/C10H19FN2O2/c1-10(2,3)15-9(14)8(12)7-4-6(11)5-13-7/h6-8,13H,4-5,12H2,1-3H3/t6-,7-,8?/m0/s1. The third-order valence-electron chi connectivity index (χ3n) is 2.22. The van der Waals surface area contributed by atoms with Crippen LogP contribution in [0.3, 0.4) is 0 Å². The number of halogens is 1. The molecular weight excluding hydrogens is 199 g/mol. The first-order valence-electron chi connectivity index (χ1n) is 5.15. The molecule has 0 aromatic heterocycles. The summed E-state index contributed by atoms with van der Waals surface area (Å²) in [7, 11) is 0. The summed E-state index contributed by atoms with van der Waals surface area (Å²) >= 11 is 0. The molecule has 4 nitrogen and oxygen atoms in total. The van der Waals surface area contributed by atoms with E-state index in [-0.39, 0.29) is 19.0 Å². The smallest absolute Gasteiger partial charge is 0.325 e. The van der Waals surface area contributed by atoms with Gasteiger partial charge in [0, 0.05) is 12.6 Å². The maximum Gasteiger partial charge on any atom is 0.325 e. The molecule has 0 aliphatic carbocycles. The molecule has 3 N–H and O–H groups in total.